The van der Waals surface area contributed by atoms with Crippen LogP contribution in [0.4, 0.5) is 0 Å². The SMILES string of the molecule is O=C(Cc1ccc(Cl)cc1)NCCCNC(=O)c1cc2ccccc2[nH]1. The maximum Gasteiger partial charge on any atom is 0.267 e. The molecule has 0 atom stereocenters. The number of H-pyrrole nitrogens is 1. The van der Waals surface area contributed by atoms with Gasteiger partial charge in [0.15, 0.2) is 0 Å². The summed E-state index contributed by atoms with van der Waals surface area (Å²) >= 11 is 5.82. The highest BCUT2D eigenvalue weighted by molar-refractivity contribution is 6.30. The quantitative estimate of drug-likeness (QED) is 0.559. The molecule has 26 heavy (non-hydrogen) atoms. The Morgan fingerprint density at radius 1 is 0.962 bits per heavy atom. The second-order valence-electron chi connectivity index (χ2n) is 6.03. The molecular weight excluding hydrogens is 350 g/mol. The average molecular weight is 370 g/mol. The Labute approximate surface area is 156 Å². The van der Waals surface area contributed by atoms with Crippen molar-refractivity contribution in [2.75, 3.05) is 13.1 Å². The summed E-state index contributed by atoms with van der Waals surface area (Å²) in [6.45, 7) is 1.01. The van der Waals surface area contributed by atoms with Crippen LogP contribution in [0, 0.1) is 0 Å². The predicted octanol–water partition coefficient (Wildman–Crippen LogP) is 3.30. The molecule has 0 saturated carbocycles. The van der Waals surface area contributed by atoms with E-state index in [1.807, 2.05) is 42.5 Å². The number of fused-ring (bicyclic) bond motifs is 1. The molecule has 0 radical (unpaired) electrons. The van der Waals surface area contributed by atoms with E-state index in [2.05, 4.69) is 15.6 Å². The van der Waals surface area contributed by atoms with Gasteiger partial charge < -0.3 is 15.6 Å². The number of hydrogen-bond donors (Lipinski definition) is 3. The lowest BCUT2D eigenvalue weighted by atomic mass is 10.1. The molecule has 0 spiro atoms. The van der Waals surface area contributed by atoms with Gasteiger partial charge in [-0.25, -0.2) is 0 Å². The lowest BCUT2D eigenvalue weighted by Gasteiger charge is -2.06. The lowest BCUT2D eigenvalue weighted by molar-refractivity contribution is -0.120. The van der Waals surface area contributed by atoms with E-state index in [9.17, 15) is 9.59 Å². The molecule has 1 aromatic heterocycles. The fraction of sp³-hybridized carbons (Fsp3) is 0.200. The first-order valence-electron chi connectivity index (χ1n) is 8.49. The van der Waals surface area contributed by atoms with Crippen molar-refractivity contribution >= 4 is 34.3 Å². The van der Waals surface area contributed by atoms with Crippen LogP contribution in [0.15, 0.2) is 54.6 Å². The van der Waals surface area contributed by atoms with Crippen molar-refractivity contribution in [3.8, 4) is 0 Å². The van der Waals surface area contributed by atoms with Crippen LogP contribution in [-0.2, 0) is 11.2 Å². The first-order valence-corrected chi connectivity index (χ1v) is 8.87. The van der Waals surface area contributed by atoms with E-state index >= 15 is 0 Å². The fourth-order valence-electron chi connectivity index (χ4n) is 2.66. The maximum absolute atomic E-state index is 12.1. The molecule has 3 aromatic rings. The van der Waals surface area contributed by atoms with Crippen LogP contribution in [0.3, 0.4) is 0 Å². The zero-order chi connectivity index (χ0) is 18.4. The third-order valence-corrected chi connectivity index (χ3v) is 4.27. The Balaban J connectivity index is 1.36. The van der Waals surface area contributed by atoms with Crippen LogP contribution in [0.1, 0.15) is 22.5 Å². The number of para-hydroxylation sites is 1. The summed E-state index contributed by atoms with van der Waals surface area (Å²) in [5.74, 6) is -0.192. The highest BCUT2D eigenvalue weighted by Crippen LogP contribution is 2.14. The Bertz CT molecular complexity index is 870. The van der Waals surface area contributed by atoms with Crippen molar-refractivity contribution in [1.82, 2.24) is 15.6 Å². The smallest absolute Gasteiger partial charge is 0.267 e. The van der Waals surface area contributed by atoms with Gasteiger partial charge >= 0.3 is 0 Å². The van der Waals surface area contributed by atoms with Gasteiger partial charge in [-0.3, -0.25) is 9.59 Å². The minimum Gasteiger partial charge on any atom is -0.356 e. The van der Waals surface area contributed by atoms with Gasteiger partial charge in [-0.15, -0.1) is 0 Å². The molecule has 3 rings (SSSR count). The molecular formula is C20H20ClN3O2. The number of amides is 2. The minimum absolute atomic E-state index is 0.0470. The molecule has 0 aliphatic carbocycles. The van der Waals surface area contributed by atoms with Crippen LogP contribution in [0.25, 0.3) is 10.9 Å². The number of hydrogen-bond acceptors (Lipinski definition) is 2. The number of benzene rings is 2. The Hall–Kier alpha value is -2.79. The van der Waals surface area contributed by atoms with Gasteiger partial charge in [-0.1, -0.05) is 41.9 Å². The van der Waals surface area contributed by atoms with E-state index in [4.69, 9.17) is 11.6 Å². The van der Waals surface area contributed by atoms with Crippen LogP contribution >= 0.6 is 11.6 Å². The van der Waals surface area contributed by atoms with Gasteiger partial charge in [0.1, 0.15) is 5.69 Å². The van der Waals surface area contributed by atoms with Crippen LogP contribution in [-0.4, -0.2) is 29.9 Å². The van der Waals surface area contributed by atoms with Gasteiger partial charge in [0.2, 0.25) is 5.91 Å². The number of carbonyl (C=O) groups is 2. The van der Waals surface area contributed by atoms with Crippen LogP contribution < -0.4 is 10.6 Å². The van der Waals surface area contributed by atoms with E-state index < -0.39 is 0 Å². The largest absolute Gasteiger partial charge is 0.356 e. The first-order chi connectivity index (χ1) is 12.6. The lowest BCUT2D eigenvalue weighted by Crippen LogP contribution is -2.30. The molecule has 0 fully saturated rings. The van der Waals surface area contributed by atoms with Crippen molar-refractivity contribution in [3.05, 3.63) is 70.9 Å². The monoisotopic (exact) mass is 369 g/mol. The van der Waals surface area contributed by atoms with Crippen molar-refractivity contribution in [1.29, 1.82) is 0 Å². The molecule has 0 unspecified atom stereocenters. The van der Waals surface area contributed by atoms with Crippen molar-refractivity contribution in [3.63, 3.8) is 0 Å². The molecule has 0 aliphatic rings. The molecule has 0 saturated heterocycles. The standard InChI is InChI=1S/C20H20ClN3O2/c21-16-8-6-14(7-9-16)12-19(25)22-10-3-11-23-20(26)18-13-15-4-1-2-5-17(15)24-18/h1-2,4-9,13,24H,3,10-12H2,(H,22,25)(H,23,26). The normalized spacial score (nSPS) is 10.7. The number of halogens is 1. The summed E-state index contributed by atoms with van der Waals surface area (Å²) in [5, 5.41) is 7.36. The minimum atomic E-state index is -0.145. The third-order valence-electron chi connectivity index (χ3n) is 4.01. The molecule has 134 valence electrons. The highest BCUT2D eigenvalue weighted by atomic mass is 35.5. The summed E-state index contributed by atoms with van der Waals surface area (Å²) in [6.07, 6.45) is 0.983. The zero-order valence-corrected chi connectivity index (χ0v) is 15.0. The molecule has 0 aliphatic heterocycles. The van der Waals surface area contributed by atoms with E-state index in [1.165, 1.54) is 0 Å². The number of rotatable bonds is 7. The molecule has 5 nitrogen and oxygen atoms in total. The van der Waals surface area contributed by atoms with E-state index in [0.717, 1.165) is 16.5 Å². The van der Waals surface area contributed by atoms with Crippen molar-refractivity contribution < 1.29 is 9.59 Å². The van der Waals surface area contributed by atoms with Gasteiger partial charge in [0, 0.05) is 29.0 Å². The number of carbonyl (C=O) groups excluding carboxylic acids is 2. The number of aromatic nitrogens is 1. The van der Waals surface area contributed by atoms with Gasteiger partial charge in [-0.2, -0.15) is 0 Å². The van der Waals surface area contributed by atoms with Crippen molar-refractivity contribution in [2.45, 2.75) is 12.8 Å². The second kappa shape index (κ2) is 8.54. The number of nitrogens with one attached hydrogen (secondary N) is 3. The van der Waals surface area contributed by atoms with Crippen LogP contribution in [0.2, 0.25) is 5.02 Å². The predicted molar refractivity (Wildman–Crippen MR) is 103 cm³/mol. The Morgan fingerprint density at radius 2 is 1.69 bits per heavy atom. The van der Waals surface area contributed by atoms with E-state index in [0.29, 0.717) is 36.6 Å². The zero-order valence-electron chi connectivity index (χ0n) is 14.2. The highest BCUT2D eigenvalue weighted by Gasteiger charge is 2.08. The third kappa shape index (κ3) is 4.86. The van der Waals surface area contributed by atoms with Gasteiger partial charge in [-0.05, 0) is 36.2 Å². The topological polar surface area (TPSA) is 74.0 Å². The summed E-state index contributed by atoms with van der Waals surface area (Å²) in [5.41, 5.74) is 2.39. The summed E-state index contributed by atoms with van der Waals surface area (Å²) in [7, 11) is 0. The summed E-state index contributed by atoms with van der Waals surface area (Å²) in [4.78, 5) is 27.1. The Morgan fingerprint density at radius 3 is 2.46 bits per heavy atom. The molecule has 2 aromatic carbocycles. The molecule has 2 amide bonds. The molecule has 3 N–H and O–H groups in total. The summed E-state index contributed by atoms with van der Waals surface area (Å²) in [6, 6.07) is 16.8. The number of aromatic amines is 1. The molecule has 6 heteroatoms. The van der Waals surface area contributed by atoms with E-state index in [1.54, 1.807) is 12.1 Å². The van der Waals surface area contributed by atoms with Gasteiger partial charge in [0.25, 0.3) is 5.91 Å². The maximum atomic E-state index is 12.1. The molecule has 0 bridgehead atoms. The van der Waals surface area contributed by atoms with E-state index in [-0.39, 0.29) is 11.8 Å². The Kier molecular flexibility index (Phi) is 5.92. The second-order valence-corrected chi connectivity index (χ2v) is 6.47. The average Bonchev–Trinajstić information content (AvgIpc) is 3.07. The van der Waals surface area contributed by atoms with Crippen molar-refractivity contribution in [2.24, 2.45) is 0 Å². The summed E-state index contributed by atoms with van der Waals surface area (Å²) < 4.78 is 0. The van der Waals surface area contributed by atoms with Gasteiger partial charge in [0.05, 0.1) is 6.42 Å². The first kappa shape index (κ1) is 18.0. The molecule has 1 heterocycles. The van der Waals surface area contributed by atoms with Crippen LogP contribution in [0.5, 0.6) is 0 Å². The fourth-order valence-corrected chi connectivity index (χ4v) is 2.79.